The van der Waals surface area contributed by atoms with Crippen LogP contribution in [0.1, 0.15) is 17.7 Å². The molecule has 0 aliphatic rings. The van der Waals surface area contributed by atoms with Crippen LogP contribution < -0.4 is 10.0 Å². The molecule has 1 aromatic heterocycles. The molecule has 0 bridgehead atoms. The van der Waals surface area contributed by atoms with Gasteiger partial charge in [-0.25, -0.2) is 8.42 Å². The summed E-state index contributed by atoms with van der Waals surface area (Å²) in [5.41, 5.74) is 0.969. The Morgan fingerprint density at radius 2 is 1.90 bits per heavy atom. The van der Waals surface area contributed by atoms with Gasteiger partial charge in [0.25, 0.3) is 0 Å². The van der Waals surface area contributed by atoms with E-state index in [1.54, 1.807) is 24.3 Å². The van der Waals surface area contributed by atoms with Crippen LogP contribution in [0, 0.1) is 0 Å². The normalized spacial score (nSPS) is 12.7. The van der Waals surface area contributed by atoms with Gasteiger partial charge in [-0.3, -0.25) is 9.52 Å². The fourth-order valence-electron chi connectivity index (χ4n) is 1.79. The predicted octanol–water partition coefficient (Wildman–Crippen LogP) is 2.86. The third kappa shape index (κ3) is 4.57. The van der Waals surface area contributed by atoms with E-state index in [0.29, 0.717) is 11.4 Å². The summed E-state index contributed by atoms with van der Waals surface area (Å²) in [5.74, 6) is -0.384. The first kappa shape index (κ1) is 15.5. The van der Waals surface area contributed by atoms with Gasteiger partial charge < -0.3 is 5.32 Å². The number of anilines is 2. The van der Waals surface area contributed by atoms with Gasteiger partial charge in [-0.2, -0.15) is 0 Å². The average Bonchev–Trinajstić information content (AvgIpc) is 2.89. The summed E-state index contributed by atoms with van der Waals surface area (Å²) in [4.78, 5) is 13.1. The first-order valence-electron chi connectivity index (χ1n) is 6.27. The van der Waals surface area contributed by atoms with Crippen molar-refractivity contribution in [3.8, 4) is 0 Å². The average molecular weight is 324 g/mol. The Hall–Kier alpha value is -1.86. The number of nitrogens with one attached hydrogen (secondary N) is 2. The lowest BCUT2D eigenvalue weighted by atomic mass is 10.1. The molecule has 7 heteroatoms. The van der Waals surface area contributed by atoms with Gasteiger partial charge in [0.15, 0.2) is 0 Å². The van der Waals surface area contributed by atoms with Gasteiger partial charge in [0, 0.05) is 10.6 Å². The standard InChI is InChI=1S/C14H16N2O3S2/c1-10(13-7-4-8-20-13)14(17)15-11-5-3-6-12(9-11)16-21(2,18)19/h3-10,16H,1-2H3,(H,15,17). The molecule has 2 aromatic rings. The Morgan fingerprint density at radius 3 is 2.52 bits per heavy atom. The van der Waals surface area contributed by atoms with Crippen LogP contribution in [0.3, 0.4) is 0 Å². The molecule has 21 heavy (non-hydrogen) atoms. The smallest absolute Gasteiger partial charge is 0.232 e. The SMILES string of the molecule is CC(C(=O)Nc1cccc(NS(C)(=O)=O)c1)c1cccs1. The van der Waals surface area contributed by atoms with Crippen molar-refractivity contribution in [2.45, 2.75) is 12.8 Å². The molecule has 1 atom stereocenters. The van der Waals surface area contributed by atoms with Crippen molar-refractivity contribution in [1.29, 1.82) is 0 Å². The first-order chi connectivity index (χ1) is 9.85. The van der Waals surface area contributed by atoms with Gasteiger partial charge in [-0.1, -0.05) is 12.1 Å². The van der Waals surface area contributed by atoms with Crippen LogP contribution in [0.4, 0.5) is 11.4 Å². The quantitative estimate of drug-likeness (QED) is 0.888. The number of carbonyl (C=O) groups is 1. The van der Waals surface area contributed by atoms with E-state index in [-0.39, 0.29) is 11.8 Å². The van der Waals surface area contributed by atoms with Crippen LogP contribution in [-0.2, 0) is 14.8 Å². The van der Waals surface area contributed by atoms with E-state index < -0.39 is 10.0 Å². The Balaban J connectivity index is 2.09. The fraction of sp³-hybridized carbons (Fsp3) is 0.214. The number of benzene rings is 1. The van der Waals surface area contributed by atoms with Crippen molar-refractivity contribution in [2.75, 3.05) is 16.3 Å². The number of hydrogen-bond donors (Lipinski definition) is 2. The minimum atomic E-state index is -3.34. The van der Waals surface area contributed by atoms with Gasteiger partial charge in [0.05, 0.1) is 17.9 Å². The summed E-state index contributed by atoms with van der Waals surface area (Å²) in [6.07, 6.45) is 1.08. The Bertz CT molecular complexity index is 724. The van der Waals surface area contributed by atoms with Crippen LogP contribution in [0.15, 0.2) is 41.8 Å². The number of hydrogen-bond acceptors (Lipinski definition) is 4. The lowest BCUT2D eigenvalue weighted by molar-refractivity contribution is -0.117. The Kier molecular flexibility index (Phi) is 4.64. The van der Waals surface area contributed by atoms with Crippen LogP contribution in [-0.4, -0.2) is 20.6 Å². The van der Waals surface area contributed by atoms with Crippen LogP contribution in [0.25, 0.3) is 0 Å². The number of rotatable bonds is 5. The van der Waals surface area contributed by atoms with E-state index in [1.165, 1.54) is 11.3 Å². The lowest BCUT2D eigenvalue weighted by Crippen LogP contribution is -2.18. The van der Waals surface area contributed by atoms with E-state index in [2.05, 4.69) is 10.0 Å². The molecule has 0 saturated heterocycles. The highest BCUT2D eigenvalue weighted by molar-refractivity contribution is 7.92. The molecule has 1 amide bonds. The third-order valence-electron chi connectivity index (χ3n) is 2.80. The largest absolute Gasteiger partial charge is 0.325 e. The molecule has 2 N–H and O–H groups in total. The molecule has 0 radical (unpaired) electrons. The van der Waals surface area contributed by atoms with E-state index in [4.69, 9.17) is 0 Å². The maximum absolute atomic E-state index is 12.2. The van der Waals surface area contributed by atoms with Gasteiger partial charge in [0.2, 0.25) is 15.9 Å². The molecule has 0 fully saturated rings. The van der Waals surface area contributed by atoms with Crippen LogP contribution in [0.5, 0.6) is 0 Å². The molecule has 1 unspecified atom stereocenters. The monoisotopic (exact) mass is 324 g/mol. The van der Waals surface area contributed by atoms with Gasteiger partial charge in [-0.15, -0.1) is 11.3 Å². The number of thiophene rings is 1. The first-order valence-corrected chi connectivity index (χ1v) is 9.04. The summed E-state index contributed by atoms with van der Waals surface area (Å²) < 4.78 is 24.8. The highest BCUT2D eigenvalue weighted by Gasteiger charge is 2.16. The summed E-state index contributed by atoms with van der Waals surface area (Å²) >= 11 is 1.53. The van der Waals surface area contributed by atoms with E-state index in [0.717, 1.165) is 11.1 Å². The van der Waals surface area contributed by atoms with Crippen LogP contribution in [0.2, 0.25) is 0 Å². The van der Waals surface area contributed by atoms with E-state index in [1.807, 2.05) is 24.4 Å². The van der Waals surface area contributed by atoms with Crippen molar-refractivity contribution < 1.29 is 13.2 Å². The Morgan fingerprint density at radius 1 is 1.19 bits per heavy atom. The maximum Gasteiger partial charge on any atom is 0.232 e. The van der Waals surface area contributed by atoms with Gasteiger partial charge in [-0.05, 0) is 36.6 Å². The molecule has 112 valence electrons. The maximum atomic E-state index is 12.2. The molecule has 1 aromatic carbocycles. The molecular formula is C14H16N2O3S2. The molecular weight excluding hydrogens is 308 g/mol. The molecule has 0 spiro atoms. The molecule has 1 heterocycles. The second-order valence-electron chi connectivity index (χ2n) is 4.68. The van der Waals surface area contributed by atoms with Crippen molar-refractivity contribution in [3.05, 3.63) is 46.7 Å². The predicted molar refractivity (Wildman–Crippen MR) is 86.3 cm³/mol. The molecule has 5 nitrogen and oxygen atoms in total. The lowest BCUT2D eigenvalue weighted by Gasteiger charge is -2.12. The third-order valence-corrected chi connectivity index (χ3v) is 4.46. The zero-order valence-corrected chi connectivity index (χ0v) is 13.3. The zero-order valence-electron chi connectivity index (χ0n) is 11.7. The second-order valence-corrected chi connectivity index (χ2v) is 7.41. The van der Waals surface area contributed by atoms with Crippen molar-refractivity contribution >= 4 is 38.6 Å². The van der Waals surface area contributed by atoms with Gasteiger partial charge >= 0.3 is 0 Å². The van der Waals surface area contributed by atoms with E-state index in [9.17, 15) is 13.2 Å². The van der Waals surface area contributed by atoms with Crippen LogP contribution >= 0.6 is 11.3 Å². The van der Waals surface area contributed by atoms with Crippen molar-refractivity contribution in [3.63, 3.8) is 0 Å². The van der Waals surface area contributed by atoms with Gasteiger partial charge in [0.1, 0.15) is 0 Å². The highest BCUT2D eigenvalue weighted by atomic mass is 32.2. The topological polar surface area (TPSA) is 75.3 Å². The van der Waals surface area contributed by atoms with E-state index >= 15 is 0 Å². The molecule has 2 rings (SSSR count). The zero-order chi connectivity index (χ0) is 15.5. The van der Waals surface area contributed by atoms with Crippen molar-refractivity contribution in [1.82, 2.24) is 0 Å². The summed E-state index contributed by atoms with van der Waals surface area (Å²) in [6.45, 7) is 1.83. The highest BCUT2D eigenvalue weighted by Crippen LogP contribution is 2.23. The molecule has 0 aliphatic carbocycles. The molecule has 0 aliphatic heterocycles. The van der Waals surface area contributed by atoms with Crippen molar-refractivity contribution in [2.24, 2.45) is 0 Å². The number of carbonyl (C=O) groups excluding carboxylic acids is 1. The Labute approximate surface area is 128 Å². The fourth-order valence-corrected chi connectivity index (χ4v) is 3.13. The summed E-state index contributed by atoms with van der Waals surface area (Å²) in [6, 6.07) is 10.4. The molecule has 0 saturated carbocycles. The number of amides is 1. The minimum absolute atomic E-state index is 0.131. The number of sulfonamides is 1. The minimum Gasteiger partial charge on any atom is -0.325 e. The second kappa shape index (κ2) is 6.28. The summed E-state index contributed by atoms with van der Waals surface area (Å²) in [7, 11) is -3.34. The summed E-state index contributed by atoms with van der Waals surface area (Å²) in [5, 5.41) is 4.72.